The van der Waals surface area contributed by atoms with Gasteiger partial charge in [0.15, 0.2) is 5.66 Å². The van der Waals surface area contributed by atoms with E-state index in [1.807, 2.05) is 6.07 Å². The molecule has 0 fully saturated rings. The van der Waals surface area contributed by atoms with Crippen LogP contribution in [0, 0.1) is 0 Å². The van der Waals surface area contributed by atoms with E-state index >= 15 is 0 Å². The highest BCUT2D eigenvalue weighted by molar-refractivity contribution is 6.19. The molecule has 62 heavy (non-hydrogen) atoms. The van der Waals surface area contributed by atoms with E-state index in [0.717, 1.165) is 46.6 Å². The molecule has 8 aromatic rings. The fourth-order valence-corrected chi connectivity index (χ4v) is 10.1. The summed E-state index contributed by atoms with van der Waals surface area (Å²) < 4.78 is 2.41. The van der Waals surface area contributed by atoms with Crippen molar-refractivity contribution in [2.45, 2.75) is 64.1 Å². The Morgan fingerprint density at radius 3 is 2.02 bits per heavy atom. The maximum absolute atomic E-state index is 5.35. The first-order valence-corrected chi connectivity index (χ1v) is 22.4. The fourth-order valence-electron chi connectivity index (χ4n) is 10.1. The number of rotatable bonds is 10. The Labute approximate surface area is 364 Å². The van der Waals surface area contributed by atoms with Crippen LogP contribution in [0.4, 0.5) is 11.4 Å². The number of allylic oxidation sites excluding steroid dienone is 2. The van der Waals surface area contributed by atoms with E-state index in [4.69, 9.17) is 9.98 Å². The molecular weight excluding hydrogens is 753 g/mol. The van der Waals surface area contributed by atoms with Gasteiger partial charge in [0.25, 0.3) is 0 Å². The Kier molecular flexibility index (Phi) is 9.65. The normalized spacial score (nSPS) is 18.2. The molecule has 4 heteroatoms. The van der Waals surface area contributed by atoms with Gasteiger partial charge in [-0.25, -0.2) is 0 Å². The number of anilines is 2. The van der Waals surface area contributed by atoms with Crippen molar-refractivity contribution in [3.8, 4) is 5.69 Å². The number of unbranched alkanes of at least 4 members (excludes halogenated alkanes) is 2. The average Bonchev–Trinajstić information content (AvgIpc) is 3.84. The molecule has 0 spiro atoms. The third-order valence-electron chi connectivity index (χ3n) is 13.2. The quantitative estimate of drug-likeness (QED) is 0.127. The molecule has 0 N–H and O–H groups in total. The summed E-state index contributed by atoms with van der Waals surface area (Å²) in [6, 6.07) is 64.4. The average molecular weight is 803 g/mol. The largest absolute Gasteiger partial charge is 0.333 e. The zero-order valence-electron chi connectivity index (χ0n) is 35.5. The number of hydrogen-bond donors (Lipinski definition) is 0. The van der Waals surface area contributed by atoms with Crippen molar-refractivity contribution in [2.75, 3.05) is 4.90 Å². The van der Waals surface area contributed by atoms with E-state index in [1.165, 1.54) is 80.3 Å². The van der Waals surface area contributed by atoms with Gasteiger partial charge >= 0.3 is 0 Å². The lowest BCUT2D eigenvalue weighted by Crippen LogP contribution is -2.28. The number of para-hydroxylation sites is 2. The molecule has 1 aromatic heterocycles. The lowest BCUT2D eigenvalue weighted by atomic mass is 9.89. The number of aliphatic imine (C=N–C) groups is 2. The van der Waals surface area contributed by atoms with Crippen molar-refractivity contribution in [1.29, 1.82) is 0 Å². The highest BCUT2D eigenvalue weighted by Gasteiger charge is 2.36. The van der Waals surface area contributed by atoms with Gasteiger partial charge in [0.2, 0.25) is 0 Å². The minimum Gasteiger partial charge on any atom is -0.333 e. The molecule has 0 saturated heterocycles. The fraction of sp³-hybridized carbons (Fsp3) is 0.172. The zero-order chi connectivity index (χ0) is 41.6. The van der Waals surface area contributed by atoms with Crippen LogP contribution in [0.1, 0.15) is 79.3 Å². The van der Waals surface area contributed by atoms with E-state index in [0.29, 0.717) is 6.42 Å². The first-order valence-electron chi connectivity index (χ1n) is 22.4. The molecule has 0 bridgehead atoms. The summed E-state index contributed by atoms with van der Waals surface area (Å²) in [5, 5.41) is 2.51. The van der Waals surface area contributed by atoms with Crippen molar-refractivity contribution in [3.05, 3.63) is 221 Å². The summed E-state index contributed by atoms with van der Waals surface area (Å²) >= 11 is 0. The monoisotopic (exact) mass is 802 g/mol. The van der Waals surface area contributed by atoms with Gasteiger partial charge in [-0.15, -0.1) is 0 Å². The Balaban J connectivity index is 0.918. The van der Waals surface area contributed by atoms with Gasteiger partial charge in [0.1, 0.15) is 0 Å². The molecule has 3 aliphatic rings. The van der Waals surface area contributed by atoms with Gasteiger partial charge in [-0.1, -0.05) is 153 Å². The van der Waals surface area contributed by atoms with Crippen LogP contribution in [-0.4, -0.2) is 22.0 Å². The summed E-state index contributed by atoms with van der Waals surface area (Å²) in [6.07, 6.45) is 11.5. The minimum atomic E-state index is -0.714. The third kappa shape index (κ3) is 6.71. The van der Waals surface area contributed by atoms with Crippen LogP contribution >= 0.6 is 0 Å². The van der Waals surface area contributed by atoms with E-state index in [9.17, 15) is 0 Å². The van der Waals surface area contributed by atoms with E-state index in [2.05, 4.69) is 205 Å². The van der Waals surface area contributed by atoms with Gasteiger partial charge < -0.3 is 9.47 Å². The SMILES string of the molecule is CCCCCc1ccc(N2c3ccccc3C3=CC(c4ccc5c(c4)c4ccccc4n5-c4ccc(C5=NC(C)(c6ccccc6)N=C(c6ccccc6)C5)cc4)=CCC32)cc1. The molecule has 11 rings (SSSR count). The standard InChI is InChI=1S/C58H50N4/c1-3-4-7-16-40-25-31-46(32-26-40)61-54-23-14-12-21-48(54)50-37-43(29-35-56(50)61)44-30-36-57-51(38-44)49-22-13-15-24-55(49)62(57)47-33-27-42(28-34-47)53-39-52(41-17-8-5-9-18-41)59-58(2,60-53)45-19-10-6-11-20-45/h5-6,8-15,17-34,36-38,56H,3-4,7,16,35,39H2,1-2H3. The number of aryl methyl sites for hydroxylation is 1. The maximum Gasteiger partial charge on any atom is 0.173 e. The van der Waals surface area contributed by atoms with Crippen molar-refractivity contribution in [1.82, 2.24) is 4.57 Å². The summed E-state index contributed by atoms with van der Waals surface area (Å²) in [7, 11) is 0. The first-order chi connectivity index (χ1) is 30.5. The number of hydrogen-bond acceptors (Lipinski definition) is 3. The zero-order valence-corrected chi connectivity index (χ0v) is 35.5. The predicted molar refractivity (Wildman–Crippen MR) is 261 cm³/mol. The lowest BCUT2D eigenvalue weighted by molar-refractivity contribution is 0.522. The highest BCUT2D eigenvalue weighted by Crippen LogP contribution is 2.49. The smallest absolute Gasteiger partial charge is 0.173 e. The van der Waals surface area contributed by atoms with Crippen LogP contribution in [0.3, 0.4) is 0 Å². The topological polar surface area (TPSA) is 32.9 Å². The third-order valence-corrected chi connectivity index (χ3v) is 13.2. The van der Waals surface area contributed by atoms with Crippen LogP contribution in [0.2, 0.25) is 0 Å². The summed E-state index contributed by atoms with van der Waals surface area (Å²) in [5.41, 5.74) is 17.5. The maximum atomic E-state index is 5.35. The Morgan fingerprint density at radius 1 is 0.597 bits per heavy atom. The van der Waals surface area contributed by atoms with E-state index in [1.54, 1.807) is 0 Å². The van der Waals surface area contributed by atoms with Gasteiger partial charge in [-0.2, -0.15) is 0 Å². The predicted octanol–water partition coefficient (Wildman–Crippen LogP) is 14.5. The van der Waals surface area contributed by atoms with Gasteiger partial charge in [-0.05, 0) is 114 Å². The Morgan fingerprint density at radius 2 is 1.24 bits per heavy atom. The summed E-state index contributed by atoms with van der Waals surface area (Å²) in [5.74, 6) is 0. The van der Waals surface area contributed by atoms with Crippen LogP contribution in [0.5, 0.6) is 0 Å². The van der Waals surface area contributed by atoms with Crippen molar-refractivity contribution in [3.63, 3.8) is 0 Å². The first kappa shape index (κ1) is 37.9. The molecule has 0 radical (unpaired) electrons. The molecule has 2 aliphatic heterocycles. The number of nitrogens with zero attached hydrogens (tertiary/aromatic N) is 4. The Bertz CT molecular complexity index is 3080. The summed E-state index contributed by atoms with van der Waals surface area (Å²) in [6.45, 7) is 4.40. The molecular formula is C58H50N4. The molecule has 4 nitrogen and oxygen atoms in total. The van der Waals surface area contributed by atoms with Gasteiger partial charge in [-0.3, -0.25) is 9.98 Å². The van der Waals surface area contributed by atoms with Crippen LogP contribution in [-0.2, 0) is 12.1 Å². The second-order valence-electron chi connectivity index (χ2n) is 17.2. The molecule has 2 atom stereocenters. The summed E-state index contributed by atoms with van der Waals surface area (Å²) in [4.78, 5) is 13.2. The number of aromatic nitrogens is 1. The number of benzene rings is 7. The van der Waals surface area contributed by atoms with Crippen LogP contribution < -0.4 is 4.90 Å². The Hall–Kier alpha value is -7.04. The second kappa shape index (κ2) is 15.8. The molecule has 3 heterocycles. The molecule has 302 valence electrons. The number of fused-ring (bicyclic) bond motifs is 6. The molecule has 0 saturated carbocycles. The van der Waals surface area contributed by atoms with Gasteiger partial charge in [0.05, 0.1) is 28.5 Å². The van der Waals surface area contributed by atoms with Crippen molar-refractivity contribution in [2.24, 2.45) is 9.98 Å². The molecule has 0 amide bonds. The van der Waals surface area contributed by atoms with Crippen LogP contribution in [0.25, 0.3) is 38.6 Å². The van der Waals surface area contributed by atoms with Crippen molar-refractivity contribution >= 4 is 55.8 Å². The van der Waals surface area contributed by atoms with E-state index in [-0.39, 0.29) is 6.04 Å². The molecule has 1 aliphatic carbocycles. The molecule has 2 unspecified atom stereocenters. The second-order valence-corrected chi connectivity index (χ2v) is 17.2. The van der Waals surface area contributed by atoms with Gasteiger partial charge in [0, 0.05) is 45.4 Å². The minimum absolute atomic E-state index is 0.277. The van der Waals surface area contributed by atoms with E-state index < -0.39 is 5.66 Å². The molecule has 7 aromatic carbocycles. The van der Waals surface area contributed by atoms with Crippen molar-refractivity contribution < 1.29 is 0 Å². The highest BCUT2D eigenvalue weighted by atomic mass is 15.2. The lowest BCUT2D eigenvalue weighted by Gasteiger charge is -2.29. The van der Waals surface area contributed by atoms with Crippen LogP contribution in [0.15, 0.2) is 198 Å².